The van der Waals surface area contributed by atoms with Gasteiger partial charge in [0.2, 0.25) is 0 Å². The van der Waals surface area contributed by atoms with Crippen molar-refractivity contribution in [3.63, 3.8) is 0 Å². The fourth-order valence-corrected chi connectivity index (χ4v) is 3.43. The van der Waals surface area contributed by atoms with Gasteiger partial charge in [0.15, 0.2) is 0 Å². The number of hydrogen-bond acceptors (Lipinski definition) is 0. The van der Waals surface area contributed by atoms with E-state index in [-0.39, 0.29) is 0 Å². The molecule has 0 aromatic heterocycles. The fraction of sp³-hybridized carbons (Fsp3) is 1.00. The third-order valence-electron chi connectivity index (χ3n) is 4.52. The molecule has 0 saturated heterocycles. The molecular formula is C12H22. The number of rotatable bonds is 2. The van der Waals surface area contributed by atoms with Crippen molar-refractivity contribution >= 4 is 0 Å². The first-order valence-electron chi connectivity index (χ1n) is 5.68. The summed E-state index contributed by atoms with van der Waals surface area (Å²) in [6.45, 7) is 7.24. The lowest BCUT2D eigenvalue weighted by atomic mass is 9.75. The van der Waals surface area contributed by atoms with Gasteiger partial charge in [0.1, 0.15) is 0 Å². The zero-order valence-electron chi connectivity index (χ0n) is 8.72. The van der Waals surface area contributed by atoms with Gasteiger partial charge in [-0.3, -0.25) is 0 Å². The van der Waals surface area contributed by atoms with E-state index < -0.39 is 0 Å². The second kappa shape index (κ2) is 3.05. The highest BCUT2D eigenvalue weighted by molar-refractivity contribution is 4.92. The normalized spacial score (nSPS) is 42.5. The second-order valence-electron chi connectivity index (χ2n) is 5.44. The van der Waals surface area contributed by atoms with Crippen LogP contribution in [0.2, 0.25) is 0 Å². The van der Waals surface area contributed by atoms with Crippen LogP contribution in [0, 0.1) is 29.6 Å². The molecule has 0 radical (unpaired) electrons. The monoisotopic (exact) mass is 166 g/mol. The van der Waals surface area contributed by atoms with Crippen molar-refractivity contribution in [3.05, 3.63) is 0 Å². The van der Waals surface area contributed by atoms with Gasteiger partial charge < -0.3 is 0 Å². The molecule has 0 heteroatoms. The van der Waals surface area contributed by atoms with Gasteiger partial charge in [-0.05, 0) is 48.9 Å². The van der Waals surface area contributed by atoms with Gasteiger partial charge in [-0.1, -0.05) is 27.2 Å². The predicted molar refractivity (Wildman–Crippen MR) is 52.9 cm³/mol. The maximum atomic E-state index is 2.47. The molecule has 2 aliphatic rings. The van der Waals surface area contributed by atoms with Crippen LogP contribution < -0.4 is 0 Å². The fourth-order valence-electron chi connectivity index (χ4n) is 3.43. The molecule has 2 fully saturated rings. The Balaban J connectivity index is 1.97. The van der Waals surface area contributed by atoms with Gasteiger partial charge in [0.05, 0.1) is 0 Å². The van der Waals surface area contributed by atoms with E-state index in [4.69, 9.17) is 0 Å². The van der Waals surface area contributed by atoms with Crippen LogP contribution in [0.1, 0.15) is 46.5 Å². The lowest BCUT2D eigenvalue weighted by molar-refractivity contribution is 0.195. The molecule has 0 N–H and O–H groups in total. The Bertz CT molecular complexity index is 159. The topological polar surface area (TPSA) is 0 Å². The summed E-state index contributed by atoms with van der Waals surface area (Å²) in [4.78, 5) is 0. The largest absolute Gasteiger partial charge is 0.0625 e. The summed E-state index contributed by atoms with van der Waals surface area (Å²) in [6, 6.07) is 0. The molecule has 0 spiro atoms. The van der Waals surface area contributed by atoms with Crippen LogP contribution in [0.15, 0.2) is 0 Å². The van der Waals surface area contributed by atoms with E-state index in [2.05, 4.69) is 20.8 Å². The van der Waals surface area contributed by atoms with Crippen LogP contribution in [0.4, 0.5) is 0 Å². The van der Waals surface area contributed by atoms with Crippen LogP contribution in [0.3, 0.4) is 0 Å². The zero-order valence-corrected chi connectivity index (χ0v) is 8.72. The Labute approximate surface area is 76.7 Å². The summed E-state index contributed by atoms with van der Waals surface area (Å²) in [5.74, 6) is 5.20. The highest BCUT2D eigenvalue weighted by Gasteiger charge is 2.42. The van der Waals surface area contributed by atoms with Crippen molar-refractivity contribution in [1.29, 1.82) is 0 Å². The Hall–Kier alpha value is 0. The quantitative estimate of drug-likeness (QED) is 0.586. The highest BCUT2D eigenvalue weighted by Crippen LogP contribution is 2.52. The Morgan fingerprint density at radius 2 is 1.75 bits per heavy atom. The van der Waals surface area contributed by atoms with E-state index in [1.807, 2.05) is 0 Å². The van der Waals surface area contributed by atoms with E-state index in [1.54, 1.807) is 25.7 Å². The van der Waals surface area contributed by atoms with Crippen molar-refractivity contribution < 1.29 is 0 Å². The summed E-state index contributed by atoms with van der Waals surface area (Å²) < 4.78 is 0. The van der Waals surface area contributed by atoms with E-state index in [0.717, 1.165) is 29.6 Å². The maximum Gasteiger partial charge on any atom is -0.0355 e. The van der Waals surface area contributed by atoms with Crippen LogP contribution in [-0.4, -0.2) is 0 Å². The molecule has 0 nitrogen and oxygen atoms in total. The van der Waals surface area contributed by atoms with Gasteiger partial charge in [0, 0.05) is 0 Å². The number of hydrogen-bond donors (Lipinski definition) is 0. The average Bonchev–Trinajstić information content (AvgIpc) is 2.62. The molecule has 0 heterocycles. The van der Waals surface area contributed by atoms with Crippen LogP contribution in [0.5, 0.6) is 0 Å². The van der Waals surface area contributed by atoms with E-state index in [1.165, 1.54) is 0 Å². The second-order valence-corrected chi connectivity index (χ2v) is 5.44. The molecule has 0 aromatic carbocycles. The minimum absolute atomic E-state index is 0.898. The molecule has 0 aliphatic heterocycles. The maximum absolute atomic E-state index is 2.47. The SMILES string of the molecule is CC(C)[C@H](C)C1CC2CCC1C2. The molecule has 70 valence electrons. The summed E-state index contributed by atoms with van der Waals surface area (Å²) in [5, 5.41) is 0. The summed E-state index contributed by atoms with van der Waals surface area (Å²) >= 11 is 0. The minimum Gasteiger partial charge on any atom is -0.0625 e. The van der Waals surface area contributed by atoms with Gasteiger partial charge in [-0.15, -0.1) is 0 Å². The van der Waals surface area contributed by atoms with Gasteiger partial charge >= 0.3 is 0 Å². The molecule has 0 aromatic rings. The standard InChI is InChI=1S/C12H22/c1-8(2)9(3)12-7-10-4-5-11(12)6-10/h8-12H,4-7H2,1-3H3/t9-,10?,11?,12?/m0/s1. The molecule has 2 aliphatic carbocycles. The molecule has 2 bridgehead atoms. The smallest absolute Gasteiger partial charge is 0.0355 e. The lowest BCUT2D eigenvalue weighted by Crippen LogP contribution is -2.22. The van der Waals surface area contributed by atoms with Crippen LogP contribution in [0.25, 0.3) is 0 Å². The third-order valence-corrected chi connectivity index (χ3v) is 4.52. The van der Waals surface area contributed by atoms with Crippen LogP contribution >= 0.6 is 0 Å². The van der Waals surface area contributed by atoms with Crippen molar-refractivity contribution in [2.24, 2.45) is 29.6 Å². The molecule has 0 amide bonds. The van der Waals surface area contributed by atoms with E-state index in [0.29, 0.717) is 0 Å². The summed E-state index contributed by atoms with van der Waals surface area (Å²) in [5.41, 5.74) is 0. The predicted octanol–water partition coefficient (Wildman–Crippen LogP) is 3.71. The molecular weight excluding hydrogens is 144 g/mol. The molecule has 3 unspecified atom stereocenters. The van der Waals surface area contributed by atoms with Crippen molar-refractivity contribution in [2.75, 3.05) is 0 Å². The molecule has 4 atom stereocenters. The van der Waals surface area contributed by atoms with Crippen molar-refractivity contribution in [2.45, 2.75) is 46.5 Å². The Morgan fingerprint density at radius 3 is 2.17 bits per heavy atom. The lowest BCUT2D eigenvalue weighted by Gasteiger charge is -2.30. The first-order chi connectivity index (χ1) is 5.68. The minimum atomic E-state index is 0.898. The molecule has 2 rings (SSSR count). The Morgan fingerprint density at radius 1 is 1.00 bits per heavy atom. The van der Waals surface area contributed by atoms with E-state index in [9.17, 15) is 0 Å². The zero-order chi connectivity index (χ0) is 8.72. The van der Waals surface area contributed by atoms with Gasteiger partial charge in [0.25, 0.3) is 0 Å². The number of fused-ring (bicyclic) bond motifs is 2. The van der Waals surface area contributed by atoms with Gasteiger partial charge in [-0.2, -0.15) is 0 Å². The summed E-state index contributed by atoms with van der Waals surface area (Å²) in [7, 11) is 0. The third kappa shape index (κ3) is 1.30. The molecule has 12 heavy (non-hydrogen) atoms. The Kier molecular flexibility index (Phi) is 2.18. The molecule has 2 saturated carbocycles. The van der Waals surface area contributed by atoms with Gasteiger partial charge in [-0.25, -0.2) is 0 Å². The van der Waals surface area contributed by atoms with E-state index >= 15 is 0 Å². The average molecular weight is 166 g/mol. The highest BCUT2D eigenvalue weighted by atomic mass is 14.5. The van der Waals surface area contributed by atoms with Crippen molar-refractivity contribution in [3.8, 4) is 0 Å². The van der Waals surface area contributed by atoms with Crippen LogP contribution in [-0.2, 0) is 0 Å². The van der Waals surface area contributed by atoms with Crippen molar-refractivity contribution in [1.82, 2.24) is 0 Å². The summed E-state index contributed by atoms with van der Waals surface area (Å²) in [6.07, 6.45) is 6.23. The first-order valence-corrected chi connectivity index (χ1v) is 5.68. The first kappa shape index (κ1) is 8.59.